The number of carbonyl (C=O) groups excluding carboxylic acids is 1. The molecule has 2 aliphatic rings. The van der Waals surface area contributed by atoms with Crippen molar-refractivity contribution < 1.29 is 19.4 Å². The molecule has 104 valence electrons. The van der Waals surface area contributed by atoms with E-state index in [1.165, 1.54) is 0 Å². The zero-order valence-electron chi connectivity index (χ0n) is 10.3. The van der Waals surface area contributed by atoms with Crippen molar-refractivity contribution in [1.82, 2.24) is 0 Å². The summed E-state index contributed by atoms with van der Waals surface area (Å²) in [5, 5.41) is 12.0. The van der Waals surface area contributed by atoms with Crippen molar-refractivity contribution in [3.63, 3.8) is 0 Å². The molecule has 20 heavy (non-hydrogen) atoms. The number of amides is 1. The molecule has 4 atom stereocenters. The number of carbonyl (C=O) groups is 2. The number of anilines is 1. The van der Waals surface area contributed by atoms with Gasteiger partial charge in [0.05, 0.1) is 18.1 Å². The van der Waals surface area contributed by atoms with Crippen LogP contribution in [-0.4, -0.2) is 29.2 Å². The molecule has 5 nitrogen and oxygen atoms in total. The van der Waals surface area contributed by atoms with Crippen LogP contribution in [0.3, 0.4) is 0 Å². The van der Waals surface area contributed by atoms with E-state index in [9.17, 15) is 14.7 Å². The number of fused-ring (bicyclic) bond motifs is 2. The Morgan fingerprint density at radius 2 is 1.70 bits per heavy atom. The summed E-state index contributed by atoms with van der Waals surface area (Å²) in [6.45, 7) is 0. The van der Waals surface area contributed by atoms with Gasteiger partial charge in [-0.3, -0.25) is 9.59 Å². The summed E-state index contributed by atoms with van der Waals surface area (Å²) in [5.41, 5.74) is 0.633. The van der Waals surface area contributed by atoms with Crippen LogP contribution in [-0.2, 0) is 14.3 Å². The van der Waals surface area contributed by atoms with Crippen molar-refractivity contribution in [1.29, 1.82) is 0 Å². The van der Waals surface area contributed by atoms with Crippen LogP contribution >= 0.6 is 15.9 Å². The third kappa shape index (κ3) is 2.25. The Labute approximate surface area is 123 Å². The second-order valence-electron chi connectivity index (χ2n) is 4.84. The van der Waals surface area contributed by atoms with Gasteiger partial charge in [-0.15, -0.1) is 0 Å². The van der Waals surface area contributed by atoms with Crippen LogP contribution in [0.4, 0.5) is 5.69 Å². The maximum absolute atomic E-state index is 12.3. The zero-order chi connectivity index (χ0) is 14.3. The smallest absolute Gasteiger partial charge is 0.310 e. The standard InChI is InChI=1S/C14H12BrNO4/c15-7-1-3-8(4-2-7)16-13(17)11-9-5-6-10(20-9)12(11)14(18)19/h1-6,9-12H,(H,16,17)(H,18,19)/t9-,10+,11+,12+/m1/s1. The van der Waals surface area contributed by atoms with Crippen LogP contribution in [0.2, 0.25) is 0 Å². The average Bonchev–Trinajstić information content (AvgIpc) is 3.01. The Morgan fingerprint density at radius 1 is 1.10 bits per heavy atom. The van der Waals surface area contributed by atoms with E-state index in [2.05, 4.69) is 21.2 Å². The number of aliphatic carboxylic acids is 1. The van der Waals surface area contributed by atoms with E-state index >= 15 is 0 Å². The Morgan fingerprint density at radius 3 is 2.30 bits per heavy atom. The number of rotatable bonds is 3. The second-order valence-corrected chi connectivity index (χ2v) is 5.75. The van der Waals surface area contributed by atoms with Gasteiger partial charge in [-0.25, -0.2) is 0 Å². The van der Waals surface area contributed by atoms with Crippen LogP contribution in [0, 0.1) is 11.8 Å². The van der Waals surface area contributed by atoms with Crippen molar-refractivity contribution >= 4 is 33.5 Å². The van der Waals surface area contributed by atoms with Gasteiger partial charge in [-0.05, 0) is 24.3 Å². The Bertz CT molecular complexity index is 583. The van der Waals surface area contributed by atoms with Crippen LogP contribution in [0.5, 0.6) is 0 Å². The molecule has 1 amide bonds. The van der Waals surface area contributed by atoms with Crippen LogP contribution in [0.25, 0.3) is 0 Å². The van der Waals surface area contributed by atoms with Gasteiger partial charge < -0.3 is 15.2 Å². The molecule has 0 aromatic heterocycles. The minimum absolute atomic E-state index is 0.323. The van der Waals surface area contributed by atoms with Crippen molar-refractivity contribution in [3.05, 3.63) is 40.9 Å². The number of halogens is 1. The van der Waals surface area contributed by atoms with E-state index in [0.29, 0.717) is 5.69 Å². The topological polar surface area (TPSA) is 75.6 Å². The Hall–Kier alpha value is -1.66. The van der Waals surface area contributed by atoms with E-state index in [1.807, 2.05) is 12.1 Å². The van der Waals surface area contributed by atoms with Crippen LogP contribution < -0.4 is 5.32 Å². The first kappa shape index (κ1) is 13.3. The van der Waals surface area contributed by atoms with E-state index in [4.69, 9.17) is 4.74 Å². The second kappa shape index (κ2) is 5.03. The summed E-state index contributed by atoms with van der Waals surface area (Å²) in [6, 6.07) is 7.12. The molecule has 2 heterocycles. The molecule has 1 fully saturated rings. The number of hydrogen-bond acceptors (Lipinski definition) is 3. The lowest BCUT2D eigenvalue weighted by molar-refractivity contribution is -0.145. The molecule has 1 aromatic rings. The van der Waals surface area contributed by atoms with Gasteiger partial charge in [-0.1, -0.05) is 28.1 Å². The van der Waals surface area contributed by atoms with Crippen molar-refractivity contribution in [2.75, 3.05) is 5.32 Å². The van der Waals surface area contributed by atoms with E-state index in [1.54, 1.807) is 24.3 Å². The van der Waals surface area contributed by atoms with E-state index in [-0.39, 0.29) is 5.91 Å². The molecular formula is C14H12BrNO4. The van der Waals surface area contributed by atoms with Gasteiger partial charge in [0.1, 0.15) is 5.92 Å². The molecule has 6 heteroatoms. The Balaban J connectivity index is 1.78. The lowest BCUT2D eigenvalue weighted by atomic mass is 9.82. The molecule has 0 saturated carbocycles. The first-order valence-electron chi connectivity index (χ1n) is 6.19. The molecule has 0 aliphatic carbocycles. The number of hydrogen-bond donors (Lipinski definition) is 2. The van der Waals surface area contributed by atoms with Crippen molar-refractivity contribution in [3.8, 4) is 0 Å². The fraction of sp³-hybridized carbons (Fsp3) is 0.286. The van der Waals surface area contributed by atoms with E-state index in [0.717, 1.165) is 4.47 Å². The summed E-state index contributed by atoms with van der Waals surface area (Å²) in [5.74, 6) is -2.83. The van der Waals surface area contributed by atoms with Gasteiger partial charge in [0, 0.05) is 10.2 Å². The van der Waals surface area contributed by atoms with Crippen molar-refractivity contribution in [2.24, 2.45) is 11.8 Å². The maximum Gasteiger partial charge on any atom is 0.310 e. The van der Waals surface area contributed by atoms with Crippen LogP contribution in [0.1, 0.15) is 0 Å². The molecule has 0 radical (unpaired) electrons. The molecular weight excluding hydrogens is 326 g/mol. The largest absolute Gasteiger partial charge is 0.481 e. The average molecular weight is 338 g/mol. The Kier molecular flexibility index (Phi) is 3.35. The molecule has 1 aromatic carbocycles. The number of carboxylic acid groups (broad SMARTS) is 1. The fourth-order valence-corrected chi connectivity index (χ4v) is 2.94. The predicted octanol–water partition coefficient (Wildman–Crippen LogP) is 2.04. The SMILES string of the molecule is O=C(O)[C@@H]1[C@@H](C(=O)Nc2ccc(Br)cc2)[C@H]2C=C[C@@H]1O2. The van der Waals surface area contributed by atoms with E-state index < -0.39 is 30.0 Å². The number of ether oxygens (including phenoxy) is 1. The molecule has 0 spiro atoms. The number of nitrogens with one attached hydrogen (secondary N) is 1. The predicted molar refractivity (Wildman–Crippen MR) is 75.2 cm³/mol. The number of carboxylic acids is 1. The maximum atomic E-state index is 12.3. The lowest BCUT2D eigenvalue weighted by Crippen LogP contribution is -2.39. The lowest BCUT2D eigenvalue weighted by Gasteiger charge is -2.20. The van der Waals surface area contributed by atoms with Gasteiger partial charge >= 0.3 is 5.97 Å². The summed E-state index contributed by atoms with van der Waals surface area (Å²) in [7, 11) is 0. The van der Waals surface area contributed by atoms with Crippen LogP contribution in [0.15, 0.2) is 40.9 Å². The molecule has 2 bridgehead atoms. The van der Waals surface area contributed by atoms with Crippen molar-refractivity contribution in [2.45, 2.75) is 12.2 Å². The minimum Gasteiger partial charge on any atom is -0.481 e. The molecule has 2 aliphatic heterocycles. The number of benzene rings is 1. The molecule has 2 N–H and O–H groups in total. The summed E-state index contributed by atoms with van der Waals surface area (Å²) >= 11 is 3.31. The summed E-state index contributed by atoms with van der Waals surface area (Å²) < 4.78 is 6.38. The zero-order valence-corrected chi connectivity index (χ0v) is 11.9. The minimum atomic E-state index is -1.00. The quantitative estimate of drug-likeness (QED) is 0.827. The monoisotopic (exact) mass is 337 g/mol. The highest BCUT2D eigenvalue weighted by Gasteiger charge is 2.53. The highest BCUT2D eigenvalue weighted by Crippen LogP contribution is 2.39. The highest BCUT2D eigenvalue weighted by molar-refractivity contribution is 9.10. The molecule has 0 unspecified atom stereocenters. The highest BCUT2D eigenvalue weighted by atomic mass is 79.9. The molecule has 1 saturated heterocycles. The van der Waals surface area contributed by atoms with Gasteiger partial charge in [-0.2, -0.15) is 0 Å². The van der Waals surface area contributed by atoms with Gasteiger partial charge in [0.25, 0.3) is 0 Å². The normalized spacial score (nSPS) is 30.4. The first-order valence-corrected chi connectivity index (χ1v) is 6.98. The summed E-state index contributed by atoms with van der Waals surface area (Å²) in [6.07, 6.45) is 2.53. The fourth-order valence-electron chi connectivity index (χ4n) is 2.67. The molecule has 3 rings (SSSR count). The van der Waals surface area contributed by atoms with Gasteiger partial charge in [0.2, 0.25) is 5.91 Å². The third-order valence-corrected chi connectivity index (χ3v) is 4.13. The third-order valence-electron chi connectivity index (χ3n) is 3.60. The first-order chi connectivity index (χ1) is 9.56. The van der Waals surface area contributed by atoms with Gasteiger partial charge in [0.15, 0.2) is 0 Å². The summed E-state index contributed by atoms with van der Waals surface area (Å²) in [4.78, 5) is 23.6.